The predicted molar refractivity (Wildman–Crippen MR) is 67.2 cm³/mol. The lowest BCUT2D eigenvalue weighted by molar-refractivity contribution is 0.836. The lowest BCUT2D eigenvalue weighted by atomic mass is 10.3. The predicted octanol–water partition coefficient (Wildman–Crippen LogP) is 2.50. The van der Waals surface area contributed by atoms with Crippen LogP contribution in [0, 0.1) is 6.92 Å². The lowest BCUT2D eigenvalue weighted by Crippen LogP contribution is -2.05. The number of rotatable bonds is 3. The van der Waals surface area contributed by atoms with Gasteiger partial charge < -0.3 is 9.88 Å². The van der Waals surface area contributed by atoms with Gasteiger partial charge in [-0.3, -0.25) is 0 Å². The van der Waals surface area contributed by atoms with E-state index in [9.17, 15) is 0 Å². The van der Waals surface area contributed by atoms with Crippen molar-refractivity contribution in [3.63, 3.8) is 0 Å². The highest BCUT2D eigenvalue weighted by molar-refractivity contribution is 9.10. The first-order chi connectivity index (χ1) is 7.66. The van der Waals surface area contributed by atoms with E-state index >= 15 is 0 Å². The van der Waals surface area contributed by atoms with Crippen molar-refractivity contribution >= 4 is 21.6 Å². The Balaban J connectivity index is 2.08. The molecule has 4 nitrogen and oxygen atoms in total. The van der Waals surface area contributed by atoms with Crippen molar-refractivity contribution in [3.05, 3.63) is 40.6 Å². The van der Waals surface area contributed by atoms with Gasteiger partial charge in [0.2, 0.25) is 0 Å². The normalized spacial score (nSPS) is 10.4. The van der Waals surface area contributed by atoms with Gasteiger partial charge >= 0.3 is 0 Å². The van der Waals surface area contributed by atoms with Crippen LogP contribution in [0.2, 0.25) is 0 Å². The fourth-order valence-corrected chi connectivity index (χ4v) is 1.86. The number of hydrogen-bond acceptors (Lipinski definition) is 3. The lowest BCUT2D eigenvalue weighted by Gasteiger charge is -2.09. The van der Waals surface area contributed by atoms with Gasteiger partial charge in [-0.25, -0.2) is 9.97 Å². The molecule has 0 saturated heterocycles. The van der Waals surface area contributed by atoms with Gasteiger partial charge in [0.25, 0.3) is 0 Å². The summed E-state index contributed by atoms with van der Waals surface area (Å²) in [6.45, 7) is 2.73. The van der Waals surface area contributed by atoms with Crippen LogP contribution in [-0.2, 0) is 13.6 Å². The van der Waals surface area contributed by atoms with Gasteiger partial charge in [-0.05, 0) is 35.0 Å². The number of halogens is 1. The second-order valence-electron chi connectivity index (χ2n) is 3.62. The van der Waals surface area contributed by atoms with E-state index in [0.29, 0.717) is 0 Å². The number of hydrogen-bond donors (Lipinski definition) is 1. The number of anilines is 1. The van der Waals surface area contributed by atoms with E-state index in [1.165, 1.54) is 0 Å². The second-order valence-corrected chi connectivity index (χ2v) is 4.43. The first-order valence-electron chi connectivity index (χ1n) is 4.99. The van der Waals surface area contributed by atoms with Crippen molar-refractivity contribution in [3.8, 4) is 0 Å². The van der Waals surface area contributed by atoms with Crippen LogP contribution < -0.4 is 5.32 Å². The van der Waals surface area contributed by atoms with Crippen LogP contribution in [0.4, 0.5) is 5.69 Å². The smallest absolute Gasteiger partial charge is 0.106 e. The highest BCUT2D eigenvalue weighted by Gasteiger charge is 2.02. The second kappa shape index (κ2) is 4.65. The van der Waals surface area contributed by atoms with Crippen LogP contribution in [-0.4, -0.2) is 14.5 Å². The first-order valence-corrected chi connectivity index (χ1v) is 5.78. The molecular formula is C11H13BrN4. The maximum Gasteiger partial charge on any atom is 0.106 e. The fraction of sp³-hybridized carbons (Fsp3) is 0.273. The standard InChI is InChI=1S/C11H13BrN4/c1-8-10(3-4-11(12)15-8)14-6-9-5-13-7-16(9)2/h3-5,7,14H,6H2,1-2H3. The van der Waals surface area contributed by atoms with Crippen LogP contribution in [0.1, 0.15) is 11.4 Å². The molecule has 0 aliphatic rings. The monoisotopic (exact) mass is 280 g/mol. The summed E-state index contributed by atoms with van der Waals surface area (Å²) in [5, 5.41) is 3.34. The molecule has 0 bridgehead atoms. The minimum absolute atomic E-state index is 0.751. The van der Waals surface area contributed by atoms with E-state index in [1.807, 2.05) is 36.9 Å². The molecule has 0 unspecified atom stereocenters. The van der Waals surface area contributed by atoms with E-state index in [-0.39, 0.29) is 0 Å². The third-order valence-electron chi connectivity index (χ3n) is 2.43. The zero-order valence-electron chi connectivity index (χ0n) is 9.24. The van der Waals surface area contributed by atoms with Gasteiger partial charge in [-0.2, -0.15) is 0 Å². The van der Waals surface area contributed by atoms with Crippen molar-refractivity contribution in [2.24, 2.45) is 7.05 Å². The summed E-state index contributed by atoms with van der Waals surface area (Å²) in [5.74, 6) is 0. The van der Waals surface area contributed by atoms with Crippen LogP contribution >= 0.6 is 15.9 Å². The summed E-state index contributed by atoms with van der Waals surface area (Å²) in [6, 6.07) is 3.95. The van der Waals surface area contributed by atoms with E-state index < -0.39 is 0 Å². The van der Waals surface area contributed by atoms with Gasteiger partial charge in [0, 0.05) is 13.2 Å². The summed E-state index contributed by atoms with van der Waals surface area (Å²) in [7, 11) is 1.98. The molecule has 16 heavy (non-hydrogen) atoms. The Morgan fingerprint density at radius 1 is 1.44 bits per heavy atom. The molecule has 1 N–H and O–H groups in total. The van der Waals surface area contributed by atoms with Gasteiger partial charge in [-0.15, -0.1) is 0 Å². The minimum atomic E-state index is 0.751. The van der Waals surface area contributed by atoms with Crippen LogP contribution in [0.3, 0.4) is 0 Å². The largest absolute Gasteiger partial charge is 0.378 e. The van der Waals surface area contributed by atoms with Crippen molar-refractivity contribution in [2.75, 3.05) is 5.32 Å². The van der Waals surface area contributed by atoms with Gasteiger partial charge in [0.15, 0.2) is 0 Å². The molecule has 0 amide bonds. The molecule has 0 aliphatic carbocycles. The van der Waals surface area contributed by atoms with E-state index in [4.69, 9.17) is 0 Å². The van der Waals surface area contributed by atoms with E-state index in [1.54, 1.807) is 6.33 Å². The maximum atomic E-state index is 4.33. The van der Waals surface area contributed by atoms with Crippen LogP contribution in [0.25, 0.3) is 0 Å². The summed E-state index contributed by atoms with van der Waals surface area (Å²) < 4.78 is 2.85. The molecule has 2 aromatic heterocycles. The molecule has 5 heteroatoms. The average Bonchev–Trinajstić information content (AvgIpc) is 2.63. The molecule has 0 radical (unpaired) electrons. The Hall–Kier alpha value is -1.36. The number of imidazole rings is 1. The highest BCUT2D eigenvalue weighted by Crippen LogP contribution is 2.16. The average molecular weight is 281 g/mol. The molecule has 0 aliphatic heterocycles. The van der Waals surface area contributed by atoms with Crippen LogP contribution in [0.5, 0.6) is 0 Å². The summed E-state index contributed by atoms with van der Waals surface area (Å²) >= 11 is 3.34. The number of pyridine rings is 1. The Bertz CT molecular complexity index is 492. The minimum Gasteiger partial charge on any atom is -0.378 e. The van der Waals surface area contributed by atoms with Crippen molar-refractivity contribution in [2.45, 2.75) is 13.5 Å². The molecule has 0 saturated carbocycles. The highest BCUT2D eigenvalue weighted by atomic mass is 79.9. The molecular weight excluding hydrogens is 268 g/mol. The number of aryl methyl sites for hydroxylation is 2. The number of nitrogens with zero attached hydrogens (tertiary/aromatic N) is 3. The summed E-state index contributed by atoms with van der Waals surface area (Å²) in [6.07, 6.45) is 3.65. The van der Waals surface area contributed by atoms with Crippen molar-refractivity contribution in [1.82, 2.24) is 14.5 Å². The number of nitrogens with one attached hydrogen (secondary N) is 1. The quantitative estimate of drug-likeness (QED) is 0.879. The Labute approximate surface area is 103 Å². The molecule has 0 spiro atoms. The Kier molecular flexibility index (Phi) is 3.24. The molecule has 0 atom stereocenters. The maximum absolute atomic E-state index is 4.33. The molecule has 84 valence electrons. The number of aromatic nitrogens is 3. The summed E-state index contributed by atoms with van der Waals surface area (Å²) in [5.41, 5.74) is 3.17. The fourth-order valence-electron chi connectivity index (χ4n) is 1.46. The molecule has 2 heterocycles. The van der Waals surface area contributed by atoms with E-state index in [0.717, 1.165) is 28.2 Å². The SMILES string of the molecule is Cc1nc(Br)ccc1NCc1cncn1C. The van der Waals surface area contributed by atoms with Gasteiger partial charge in [-0.1, -0.05) is 0 Å². The van der Waals surface area contributed by atoms with Crippen molar-refractivity contribution < 1.29 is 0 Å². The molecule has 2 aromatic rings. The third kappa shape index (κ3) is 2.41. The topological polar surface area (TPSA) is 42.7 Å². The van der Waals surface area contributed by atoms with Crippen LogP contribution in [0.15, 0.2) is 29.3 Å². The Morgan fingerprint density at radius 3 is 2.88 bits per heavy atom. The zero-order valence-corrected chi connectivity index (χ0v) is 10.8. The van der Waals surface area contributed by atoms with E-state index in [2.05, 4.69) is 31.2 Å². The van der Waals surface area contributed by atoms with Crippen molar-refractivity contribution in [1.29, 1.82) is 0 Å². The molecule has 2 rings (SSSR count). The first kappa shape index (κ1) is 11.1. The molecule has 0 aromatic carbocycles. The summed E-state index contributed by atoms with van der Waals surface area (Å²) in [4.78, 5) is 8.40. The van der Waals surface area contributed by atoms with Gasteiger partial charge in [0.1, 0.15) is 4.60 Å². The third-order valence-corrected chi connectivity index (χ3v) is 2.87. The molecule has 0 fully saturated rings. The Morgan fingerprint density at radius 2 is 2.25 bits per heavy atom. The zero-order chi connectivity index (χ0) is 11.5. The van der Waals surface area contributed by atoms with Gasteiger partial charge in [0.05, 0.1) is 29.9 Å².